The predicted molar refractivity (Wildman–Crippen MR) is 89.7 cm³/mol. The zero-order valence-corrected chi connectivity index (χ0v) is 14.3. The number of benzene rings is 2. The number of imide groups is 1. The number of urea groups is 1. The minimum atomic E-state index is -1.82. The first kappa shape index (κ1) is 18.0. The van der Waals surface area contributed by atoms with Crippen molar-refractivity contribution in [2.45, 2.75) is 12.5 Å². The number of ketones is 1. The average Bonchev–Trinajstić information content (AvgIpc) is 2.81. The van der Waals surface area contributed by atoms with E-state index in [1.165, 1.54) is 19.1 Å². The van der Waals surface area contributed by atoms with Gasteiger partial charge in [-0.2, -0.15) is 0 Å². The smallest absolute Gasteiger partial charge is 0.319 e. The molecule has 0 saturated carbocycles. The summed E-state index contributed by atoms with van der Waals surface area (Å²) in [6.45, 7) is 0.686. The van der Waals surface area contributed by atoms with E-state index in [9.17, 15) is 23.2 Å². The van der Waals surface area contributed by atoms with Crippen molar-refractivity contribution in [3.8, 4) is 0 Å². The van der Waals surface area contributed by atoms with Crippen molar-refractivity contribution >= 4 is 29.3 Å². The van der Waals surface area contributed by atoms with Crippen LogP contribution in [0.5, 0.6) is 0 Å². The molecule has 26 heavy (non-hydrogen) atoms. The summed E-state index contributed by atoms with van der Waals surface area (Å²) in [5.74, 6) is -3.01. The van der Waals surface area contributed by atoms with Gasteiger partial charge < -0.3 is 5.32 Å². The molecule has 1 heterocycles. The number of carbonyl (C=O) groups excluding carboxylic acids is 3. The van der Waals surface area contributed by atoms with Crippen LogP contribution in [0, 0.1) is 11.6 Å². The molecule has 2 aromatic carbocycles. The Balaban J connectivity index is 1.91. The van der Waals surface area contributed by atoms with E-state index in [1.807, 2.05) is 0 Å². The quantitative estimate of drug-likeness (QED) is 0.656. The molecule has 1 aliphatic heterocycles. The highest BCUT2D eigenvalue weighted by atomic mass is 35.5. The molecule has 1 saturated heterocycles. The van der Waals surface area contributed by atoms with E-state index in [1.54, 1.807) is 12.1 Å². The number of amides is 3. The number of nitrogens with zero attached hydrogens (tertiary/aromatic N) is 1. The van der Waals surface area contributed by atoms with Crippen LogP contribution in [0.4, 0.5) is 13.6 Å². The van der Waals surface area contributed by atoms with Crippen LogP contribution >= 0.6 is 11.6 Å². The minimum absolute atomic E-state index is 0.153. The summed E-state index contributed by atoms with van der Waals surface area (Å²) in [5, 5.41) is 2.52. The van der Waals surface area contributed by atoms with Gasteiger partial charge in [0.25, 0.3) is 5.91 Å². The van der Waals surface area contributed by atoms with Crippen molar-refractivity contribution in [2.24, 2.45) is 0 Å². The number of rotatable bonds is 4. The van der Waals surface area contributed by atoms with Crippen LogP contribution in [0.15, 0.2) is 42.5 Å². The molecule has 134 valence electrons. The second kappa shape index (κ2) is 6.49. The van der Waals surface area contributed by atoms with Gasteiger partial charge in [0.2, 0.25) is 0 Å². The molecular weight excluding hydrogens is 366 g/mol. The first-order valence-electron chi connectivity index (χ1n) is 7.61. The summed E-state index contributed by atoms with van der Waals surface area (Å²) in [6, 6.07) is 7.94. The normalized spacial score (nSPS) is 19.6. The molecule has 0 unspecified atom stereocenters. The molecule has 0 aromatic heterocycles. The highest BCUT2D eigenvalue weighted by Gasteiger charge is 2.50. The lowest BCUT2D eigenvalue weighted by Crippen LogP contribution is -2.42. The number of nitrogens with one attached hydrogen (secondary N) is 1. The summed E-state index contributed by atoms with van der Waals surface area (Å²) in [6.07, 6.45) is 0. The number of halogens is 3. The highest BCUT2D eigenvalue weighted by Crippen LogP contribution is 2.31. The molecule has 3 rings (SSSR count). The Morgan fingerprint density at radius 3 is 2.58 bits per heavy atom. The maximum atomic E-state index is 14.1. The Morgan fingerprint density at radius 2 is 1.88 bits per heavy atom. The van der Waals surface area contributed by atoms with E-state index in [0.717, 1.165) is 18.2 Å². The van der Waals surface area contributed by atoms with E-state index in [2.05, 4.69) is 5.32 Å². The third-order valence-electron chi connectivity index (χ3n) is 4.22. The summed E-state index contributed by atoms with van der Waals surface area (Å²) >= 11 is 5.95. The topological polar surface area (TPSA) is 66.5 Å². The molecule has 0 bridgehead atoms. The largest absolute Gasteiger partial charge is 0.325 e. The fraction of sp³-hybridized carbons (Fsp3) is 0.167. The monoisotopic (exact) mass is 378 g/mol. The second-order valence-electron chi connectivity index (χ2n) is 5.97. The lowest BCUT2D eigenvalue weighted by molar-refractivity contribution is -0.130. The fourth-order valence-electron chi connectivity index (χ4n) is 2.82. The van der Waals surface area contributed by atoms with E-state index >= 15 is 0 Å². The Hall–Kier alpha value is -2.80. The van der Waals surface area contributed by atoms with E-state index < -0.39 is 41.4 Å². The molecule has 1 N–H and O–H groups in total. The molecule has 1 aliphatic rings. The standard InChI is InChI=1S/C18H13ClF2N2O3/c1-18(12-8-10(20)6-7-14(12)21)16(25)23(17(26)22-18)9-15(24)11-4-2-3-5-13(11)19/h2-8H,9H2,1H3,(H,22,26)/t18-/m1/s1. The maximum Gasteiger partial charge on any atom is 0.325 e. The minimum Gasteiger partial charge on any atom is -0.319 e. The summed E-state index contributed by atoms with van der Waals surface area (Å²) < 4.78 is 27.6. The summed E-state index contributed by atoms with van der Waals surface area (Å²) in [5.41, 5.74) is -1.98. The first-order chi connectivity index (χ1) is 12.2. The van der Waals surface area contributed by atoms with Gasteiger partial charge in [-0.25, -0.2) is 13.6 Å². The molecule has 2 aromatic rings. The average molecular weight is 379 g/mol. The van der Waals surface area contributed by atoms with E-state index in [-0.39, 0.29) is 16.1 Å². The Morgan fingerprint density at radius 1 is 1.19 bits per heavy atom. The van der Waals surface area contributed by atoms with Gasteiger partial charge in [-0.3, -0.25) is 14.5 Å². The zero-order valence-electron chi connectivity index (χ0n) is 13.6. The van der Waals surface area contributed by atoms with E-state index in [4.69, 9.17) is 11.6 Å². The Kier molecular flexibility index (Phi) is 4.50. The second-order valence-corrected chi connectivity index (χ2v) is 6.38. The fourth-order valence-corrected chi connectivity index (χ4v) is 3.06. The SMILES string of the molecule is C[C@]1(c2cc(F)ccc2F)NC(=O)N(CC(=O)c2ccccc2Cl)C1=O. The van der Waals surface area contributed by atoms with Gasteiger partial charge in [0.15, 0.2) is 5.78 Å². The number of hydrogen-bond acceptors (Lipinski definition) is 3. The molecule has 8 heteroatoms. The van der Waals surface area contributed by atoms with E-state index in [0.29, 0.717) is 4.90 Å². The highest BCUT2D eigenvalue weighted by molar-refractivity contribution is 6.34. The Bertz CT molecular complexity index is 934. The van der Waals surface area contributed by atoms with Gasteiger partial charge in [0.05, 0.1) is 11.6 Å². The zero-order chi connectivity index (χ0) is 19.1. The lowest BCUT2D eigenvalue weighted by Gasteiger charge is -2.22. The van der Waals surface area contributed by atoms with Gasteiger partial charge in [0, 0.05) is 11.1 Å². The van der Waals surface area contributed by atoms with Gasteiger partial charge in [-0.1, -0.05) is 23.7 Å². The van der Waals surface area contributed by atoms with Crippen LogP contribution in [0.2, 0.25) is 5.02 Å². The van der Waals surface area contributed by atoms with Crippen LogP contribution in [0.25, 0.3) is 0 Å². The number of hydrogen-bond donors (Lipinski definition) is 1. The lowest BCUT2D eigenvalue weighted by atomic mass is 9.91. The molecule has 0 spiro atoms. The molecule has 0 aliphatic carbocycles. The van der Waals surface area contributed by atoms with Crippen molar-refractivity contribution in [3.05, 3.63) is 70.2 Å². The van der Waals surface area contributed by atoms with Crippen LogP contribution in [-0.4, -0.2) is 29.2 Å². The summed E-state index contributed by atoms with van der Waals surface area (Å²) in [4.78, 5) is 38.0. The van der Waals surface area contributed by atoms with Crippen molar-refractivity contribution in [1.82, 2.24) is 10.2 Å². The van der Waals surface area contributed by atoms with Crippen LogP contribution in [-0.2, 0) is 10.3 Å². The summed E-state index contributed by atoms with van der Waals surface area (Å²) in [7, 11) is 0. The van der Waals surface area contributed by atoms with Gasteiger partial charge in [-0.15, -0.1) is 0 Å². The molecular formula is C18H13ClF2N2O3. The van der Waals surface area contributed by atoms with Crippen LogP contribution in [0.3, 0.4) is 0 Å². The predicted octanol–water partition coefficient (Wildman–Crippen LogP) is 3.27. The van der Waals surface area contributed by atoms with Crippen molar-refractivity contribution in [2.75, 3.05) is 6.54 Å². The molecule has 5 nitrogen and oxygen atoms in total. The Labute approximate surface area is 152 Å². The third kappa shape index (κ3) is 2.94. The van der Waals surface area contributed by atoms with Crippen LogP contribution in [0.1, 0.15) is 22.8 Å². The van der Waals surface area contributed by atoms with Gasteiger partial charge in [0.1, 0.15) is 17.2 Å². The molecule has 1 atom stereocenters. The number of carbonyl (C=O) groups is 3. The number of Topliss-reactive ketones (excluding diaryl/α,β-unsaturated/α-hetero) is 1. The maximum absolute atomic E-state index is 14.1. The first-order valence-corrected chi connectivity index (χ1v) is 7.99. The molecule has 1 fully saturated rings. The van der Waals surface area contributed by atoms with Gasteiger partial charge in [-0.05, 0) is 37.3 Å². The van der Waals surface area contributed by atoms with Gasteiger partial charge >= 0.3 is 6.03 Å². The molecule has 0 radical (unpaired) electrons. The van der Waals surface area contributed by atoms with Crippen molar-refractivity contribution < 1.29 is 23.2 Å². The van der Waals surface area contributed by atoms with Crippen molar-refractivity contribution in [3.63, 3.8) is 0 Å². The van der Waals surface area contributed by atoms with Crippen LogP contribution < -0.4 is 5.32 Å². The third-order valence-corrected chi connectivity index (χ3v) is 4.55. The van der Waals surface area contributed by atoms with Crippen molar-refractivity contribution in [1.29, 1.82) is 0 Å². The molecule has 3 amide bonds.